The fourth-order valence-electron chi connectivity index (χ4n) is 1.55. The van der Waals surface area contributed by atoms with Crippen molar-refractivity contribution >= 4 is 5.78 Å². The second-order valence-electron chi connectivity index (χ2n) is 3.29. The molecule has 0 saturated carbocycles. The molecule has 0 N–H and O–H groups in total. The Morgan fingerprint density at radius 2 is 2.25 bits per heavy atom. The van der Waals surface area contributed by atoms with Gasteiger partial charge in [-0.25, -0.2) is 0 Å². The van der Waals surface area contributed by atoms with Crippen LogP contribution in [-0.4, -0.2) is 5.78 Å². The van der Waals surface area contributed by atoms with Crippen LogP contribution < -0.4 is 0 Å². The highest BCUT2D eigenvalue weighted by molar-refractivity contribution is 5.78. The Kier molecular flexibility index (Phi) is 3.78. The van der Waals surface area contributed by atoms with Gasteiger partial charge in [0.15, 0.2) is 0 Å². The van der Waals surface area contributed by atoms with E-state index < -0.39 is 0 Å². The van der Waals surface area contributed by atoms with Crippen molar-refractivity contribution in [2.45, 2.75) is 38.5 Å². The summed E-state index contributed by atoms with van der Waals surface area (Å²) in [6, 6.07) is 0. The normalized spacial score (nSPS) is 23.7. The summed E-state index contributed by atoms with van der Waals surface area (Å²) in [5.74, 6) is 0.420. The molecule has 1 aliphatic carbocycles. The van der Waals surface area contributed by atoms with E-state index in [4.69, 9.17) is 0 Å². The Bertz CT molecular complexity index is 201. The molecule has 0 atom stereocenters. The number of Topliss-reactive ketones (excluding diaryl/α,β-unsaturated/α-hetero) is 1. The quantitative estimate of drug-likeness (QED) is 0.573. The maximum absolute atomic E-state index is 11.1. The number of hydrogen-bond acceptors (Lipinski definition) is 1. The van der Waals surface area contributed by atoms with E-state index in [1.54, 1.807) is 0 Å². The van der Waals surface area contributed by atoms with Crippen LogP contribution >= 0.6 is 0 Å². The average molecular weight is 164 g/mol. The minimum absolute atomic E-state index is 0.420. The Morgan fingerprint density at radius 1 is 1.42 bits per heavy atom. The summed E-state index contributed by atoms with van der Waals surface area (Å²) < 4.78 is 0. The summed E-state index contributed by atoms with van der Waals surface area (Å²) in [7, 11) is 0. The van der Waals surface area contributed by atoms with Gasteiger partial charge in [0.25, 0.3) is 0 Å². The molecule has 1 heteroatoms. The van der Waals surface area contributed by atoms with Crippen LogP contribution in [0, 0.1) is 0 Å². The zero-order valence-corrected chi connectivity index (χ0v) is 7.51. The highest BCUT2D eigenvalue weighted by Gasteiger charge is 2.05. The van der Waals surface area contributed by atoms with Crippen LogP contribution in [0.3, 0.4) is 0 Å². The fourth-order valence-corrected chi connectivity index (χ4v) is 1.55. The highest BCUT2D eigenvalue weighted by Crippen LogP contribution is 2.17. The van der Waals surface area contributed by atoms with E-state index in [1.165, 1.54) is 5.57 Å². The van der Waals surface area contributed by atoms with Gasteiger partial charge in [-0.05, 0) is 25.7 Å². The van der Waals surface area contributed by atoms with Crippen molar-refractivity contribution in [3.05, 3.63) is 24.3 Å². The molecule has 1 aliphatic rings. The zero-order valence-electron chi connectivity index (χ0n) is 7.51. The van der Waals surface area contributed by atoms with Gasteiger partial charge in [0.05, 0.1) is 0 Å². The first-order chi connectivity index (χ1) is 5.83. The van der Waals surface area contributed by atoms with Crippen LogP contribution in [0.25, 0.3) is 0 Å². The summed E-state index contributed by atoms with van der Waals surface area (Å²) >= 11 is 0. The van der Waals surface area contributed by atoms with E-state index in [1.807, 2.05) is 6.08 Å². The molecule has 1 rings (SSSR count). The van der Waals surface area contributed by atoms with Crippen molar-refractivity contribution in [3.8, 4) is 0 Å². The van der Waals surface area contributed by atoms with Gasteiger partial charge in [-0.3, -0.25) is 4.79 Å². The molecule has 0 aromatic rings. The molecule has 0 saturated heterocycles. The van der Waals surface area contributed by atoms with E-state index in [2.05, 4.69) is 12.7 Å². The molecule has 0 radical (unpaired) electrons. The van der Waals surface area contributed by atoms with Crippen molar-refractivity contribution in [3.63, 3.8) is 0 Å². The maximum atomic E-state index is 11.1. The van der Waals surface area contributed by atoms with E-state index in [-0.39, 0.29) is 0 Å². The molecule has 0 aromatic carbocycles. The standard InChI is InChI=1S/C11H16O/c1-2-5-10-6-3-8-11(12)9-4-7-10/h2,6H,1,3-5,7-9H2/b10-6-. The number of allylic oxidation sites excluding steroid dienone is 3. The Balaban J connectivity index is 2.47. The molecule has 0 fully saturated rings. The third-order valence-corrected chi connectivity index (χ3v) is 2.22. The van der Waals surface area contributed by atoms with Crippen LogP contribution in [0.5, 0.6) is 0 Å². The monoisotopic (exact) mass is 164 g/mol. The van der Waals surface area contributed by atoms with E-state index in [0.29, 0.717) is 5.78 Å². The topological polar surface area (TPSA) is 17.1 Å². The first-order valence-electron chi connectivity index (χ1n) is 4.63. The molecule has 0 heterocycles. The predicted octanol–water partition coefficient (Wildman–Crippen LogP) is 3.02. The summed E-state index contributed by atoms with van der Waals surface area (Å²) in [6.45, 7) is 3.72. The lowest BCUT2D eigenvalue weighted by Crippen LogP contribution is -2.00. The molecule has 1 nitrogen and oxygen atoms in total. The molecule has 0 amide bonds. The van der Waals surface area contributed by atoms with Crippen LogP contribution in [0.15, 0.2) is 24.3 Å². The Hall–Kier alpha value is -0.850. The van der Waals surface area contributed by atoms with Crippen molar-refractivity contribution in [1.82, 2.24) is 0 Å². The molecule has 0 bridgehead atoms. The van der Waals surface area contributed by atoms with Gasteiger partial charge in [0, 0.05) is 12.8 Å². The Morgan fingerprint density at radius 3 is 3.00 bits per heavy atom. The lowest BCUT2D eigenvalue weighted by molar-refractivity contribution is -0.119. The minimum atomic E-state index is 0.420. The van der Waals surface area contributed by atoms with Gasteiger partial charge in [-0.15, -0.1) is 6.58 Å². The minimum Gasteiger partial charge on any atom is -0.300 e. The second kappa shape index (κ2) is 4.91. The third-order valence-electron chi connectivity index (χ3n) is 2.22. The largest absolute Gasteiger partial charge is 0.300 e. The number of hydrogen-bond donors (Lipinski definition) is 0. The molecular weight excluding hydrogens is 148 g/mol. The lowest BCUT2D eigenvalue weighted by Gasteiger charge is -2.08. The number of carbonyl (C=O) groups excluding carboxylic acids is 1. The molecular formula is C11H16O. The van der Waals surface area contributed by atoms with Crippen molar-refractivity contribution in [2.75, 3.05) is 0 Å². The van der Waals surface area contributed by atoms with Crippen LogP contribution in [0.1, 0.15) is 38.5 Å². The molecule has 12 heavy (non-hydrogen) atoms. The number of carbonyl (C=O) groups is 1. The first-order valence-corrected chi connectivity index (χ1v) is 4.63. The van der Waals surface area contributed by atoms with E-state index >= 15 is 0 Å². The summed E-state index contributed by atoms with van der Waals surface area (Å²) in [5.41, 5.74) is 1.46. The van der Waals surface area contributed by atoms with Crippen molar-refractivity contribution < 1.29 is 4.79 Å². The predicted molar refractivity (Wildman–Crippen MR) is 51.0 cm³/mol. The number of rotatable bonds is 2. The van der Waals surface area contributed by atoms with E-state index in [0.717, 1.165) is 38.5 Å². The molecule has 0 aromatic heterocycles. The fraction of sp³-hybridized carbons (Fsp3) is 0.545. The van der Waals surface area contributed by atoms with Crippen molar-refractivity contribution in [2.24, 2.45) is 0 Å². The van der Waals surface area contributed by atoms with Crippen LogP contribution in [0.2, 0.25) is 0 Å². The van der Waals surface area contributed by atoms with Gasteiger partial charge >= 0.3 is 0 Å². The van der Waals surface area contributed by atoms with Crippen LogP contribution in [0.4, 0.5) is 0 Å². The van der Waals surface area contributed by atoms with E-state index in [9.17, 15) is 4.79 Å². The van der Waals surface area contributed by atoms with Crippen LogP contribution in [-0.2, 0) is 4.79 Å². The zero-order chi connectivity index (χ0) is 8.81. The SMILES string of the molecule is C=CC/C1=C/CCC(=O)CCC1. The van der Waals surface area contributed by atoms with Gasteiger partial charge in [-0.2, -0.15) is 0 Å². The number of ketones is 1. The first kappa shape index (κ1) is 9.24. The van der Waals surface area contributed by atoms with Crippen molar-refractivity contribution in [1.29, 1.82) is 0 Å². The van der Waals surface area contributed by atoms with Gasteiger partial charge < -0.3 is 0 Å². The highest BCUT2D eigenvalue weighted by atomic mass is 16.1. The lowest BCUT2D eigenvalue weighted by atomic mass is 9.97. The van der Waals surface area contributed by atoms with Gasteiger partial charge in [-0.1, -0.05) is 17.7 Å². The summed E-state index contributed by atoms with van der Waals surface area (Å²) in [6.07, 6.45) is 9.69. The van der Waals surface area contributed by atoms with Gasteiger partial charge in [0.1, 0.15) is 5.78 Å². The summed E-state index contributed by atoms with van der Waals surface area (Å²) in [4.78, 5) is 11.1. The molecule has 0 aliphatic heterocycles. The molecule has 0 unspecified atom stereocenters. The Labute approximate surface area is 74.2 Å². The smallest absolute Gasteiger partial charge is 0.133 e. The van der Waals surface area contributed by atoms with Gasteiger partial charge in [0.2, 0.25) is 0 Å². The molecule has 0 spiro atoms. The second-order valence-corrected chi connectivity index (χ2v) is 3.29. The third kappa shape index (κ3) is 3.04. The maximum Gasteiger partial charge on any atom is 0.133 e. The summed E-state index contributed by atoms with van der Waals surface area (Å²) in [5, 5.41) is 0. The average Bonchev–Trinajstić information content (AvgIpc) is 2.00. The molecule has 66 valence electrons.